The maximum absolute atomic E-state index is 12.9. The molecule has 84 valence electrons. The second-order valence-corrected chi connectivity index (χ2v) is 3.79. The molecular weight excluding hydrogens is 209 g/mol. The number of carbonyl (C=O) groups excluding carboxylic acids is 1. The largest absolute Gasteiger partial charge is 0.506 e. The number of hydrogen-bond donors (Lipinski definition) is 2. The van der Waals surface area contributed by atoms with Crippen LogP contribution in [-0.4, -0.2) is 11.0 Å². The molecule has 0 saturated carbocycles. The Morgan fingerprint density at radius 2 is 2.06 bits per heavy atom. The number of amides is 1. The Labute approximate surface area is 92.6 Å². The van der Waals surface area contributed by atoms with E-state index in [4.69, 9.17) is 0 Å². The average Bonchev–Trinajstić information content (AvgIpc) is 2.76. The molecule has 0 unspecified atom stereocenters. The molecule has 3 nitrogen and oxygen atoms in total. The molecule has 16 heavy (non-hydrogen) atoms. The van der Waals surface area contributed by atoms with Crippen molar-refractivity contribution in [1.29, 1.82) is 0 Å². The molecule has 1 amide bonds. The van der Waals surface area contributed by atoms with Gasteiger partial charge in [0.1, 0.15) is 11.6 Å². The van der Waals surface area contributed by atoms with Crippen molar-refractivity contribution in [2.24, 2.45) is 5.92 Å². The first-order valence-corrected chi connectivity index (χ1v) is 5.11. The van der Waals surface area contributed by atoms with Gasteiger partial charge in [0.05, 0.1) is 5.69 Å². The Balaban J connectivity index is 2.08. The van der Waals surface area contributed by atoms with E-state index in [-0.39, 0.29) is 23.3 Å². The SMILES string of the molecule is O=C(Nc1cc(F)ccc1O)C1CC=CC1. The molecule has 0 saturated heterocycles. The molecule has 1 aliphatic carbocycles. The molecule has 2 N–H and O–H groups in total. The predicted octanol–water partition coefficient (Wildman–Crippen LogP) is 2.44. The smallest absolute Gasteiger partial charge is 0.228 e. The highest BCUT2D eigenvalue weighted by Gasteiger charge is 2.20. The van der Waals surface area contributed by atoms with Crippen molar-refractivity contribution in [2.75, 3.05) is 5.32 Å². The third kappa shape index (κ3) is 2.21. The third-order valence-electron chi connectivity index (χ3n) is 2.60. The summed E-state index contributed by atoms with van der Waals surface area (Å²) in [4.78, 5) is 11.7. The van der Waals surface area contributed by atoms with Crippen molar-refractivity contribution in [3.05, 3.63) is 36.2 Å². The summed E-state index contributed by atoms with van der Waals surface area (Å²) in [5.41, 5.74) is 0.122. The highest BCUT2D eigenvalue weighted by Crippen LogP contribution is 2.26. The van der Waals surface area contributed by atoms with Crippen LogP contribution in [0.4, 0.5) is 10.1 Å². The van der Waals surface area contributed by atoms with Crippen molar-refractivity contribution in [3.8, 4) is 5.75 Å². The molecule has 0 atom stereocenters. The van der Waals surface area contributed by atoms with Crippen LogP contribution in [0.15, 0.2) is 30.4 Å². The first-order valence-electron chi connectivity index (χ1n) is 5.11. The minimum Gasteiger partial charge on any atom is -0.506 e. The van der Waals surface area contributed by atoms with Gasteiger partial charge >= 0.3 is 0 Å². The molecule has 4 heteroatoms. The number of phenols is 1. The maximum atomic E-state index is 12.9. The molecule has 0 spiro atoms. The molecule has 0 aromatic heterocycles. The number of anilines is 1. The van der Waals surface area contributed by atoms with Gasteiger partial charge < -0.3 is 10.4 Å². The number of nitrogens with one attached hydrogen (secondary N) is 1. The van der Waals surface area contributed by atoms with Crippen LogP contribution in [0.1, 0.15) is 12.8 Å². The first-order chi connectivity index (χ1) is 7.66. The van der Waals surface area contributed by atoms with Crippen LogP contribution in [0.5, 0.6) is 5.75 Å². The van der Waals surface area contributed by atoms with Gasteiger partial charge in [-0.3, -0.25) is 4.79 Å². The summed E-state index contributed by atoms with van der Waals surface area (Å²) in [6.45, 7) is 0. The zero-order chi connectivity index (χ0) is 11.5. The van der Waals surface area contributed by atoms with E-state index in [1.165, 1.54) is 6.07 Å². The lowest BCUT2D eigenvalue weighted by atomic mass is 10.1. The molecule has 1 aliphatic rings. The summed E-state index contributed by atoms with van der Waals surface area (Å²) >= 11 is 0. The molecule has 2 rings (SSSR count). The minimum absolute atomic E-state index is 0.109. The van der Waals surface area contributed by atoms with Crippen molar-refractivity contribution in [2.45, 2.75) is 12.8 Å². The van der Waals surface area contributed by atoms with E-state index in [2.05, 4.69) is 5.32 Å². The number of benzene rings is 1. The second-order valence-electron chi connectivity index (χ2n) is 3.79. The fourth-order valence-corrected chi connectivity index (χ4v) is 1.67. The van der Waals surface area contributed by atoms with Crippen LogP contribution >= 0.6 is 0 Å². The van der Waals surface area contributed by atoms with E-state index >= 15 is 0 Å². The zero-order valence-corrected chi connectivity index (χ0v) is 8.61. The molecular formula is C12H12FNO2. The fourth-order valence-electron chi connectivity index (χ4n) is 1.67. The molecule has 1 aromatic carbocycles. The number of hydrogen-bond acceptors (Lipinski definition) is 2. The standard InChI is InChI=1S/C12H12FNO2/c13-9-5-6-11(15)10(7-9)14-12(16)8-3-1-2-4-8/h1-2,5-8,15H,3-4H2,(H,14,16). The van der Waals surface area contributed by atoms with E-state index in [9.17, 15) is 14.3 Å². The van der Waals surface area contributed by atoms with Gasteiger partial charge in [-0.25, -0.2) is 4.39 Å². The van der Waals surface area contributed by atoms with E-state index in [0.717, 1.165) is 12.1 Å². The Morgan fingerprint density at radius 3 is 2.75 bits per heavy atom. The van der Waals surface area contributed by atoms with Crippen molar-refractivity contribution in [1.82, 2.24) is 0 Å². The van der Waals surface area contributed by atoms with E-state index in [0.29, 0.717) is 12.8 Å². The highest BCUT2D eigenvalue weighted by atomic mass is 19.1. The Morgan fingerprint density at radius 1 is 1.38 bits per heavy atom. The van der Waals surface area contributed by atoms with Gasteiger partial charge in [0.2, 0.25) is 5.91 Å². The van der Waals surface area contributed by atoms with Gasteiger partial charge in [-0.2, -0.15) is 0 Å². The average molecular weight is 221 g/mol. The second kappa shape index (κ2) is 4.35. The molecule has 1 aromatic rings. The van der Waals surface area contributed by atoms with Gasteiger partial charge in [0.15, 0.2) is 0 Å². The van der Waals surface area contributed by atoms with Gasteiger partial charge in [-0.05, 0) is 25.0 Å². The Kier molecular flexibility index (Phi) is 2.90. The Bertz CT molecular complexity index is 435. The number of rotatable bonds is 2. The van der Waals surface area contributed by atoms with Crippen LogP contribution in [0, 0.1) is 11.7 Å². The monoisotopic (exact) mass is 221 g/mol. The van der Waals surface area contributed by atoms with Crippen LogP contribution in [0.25, 0.3) is 0 Å². The summed E-state index contributed by atoms with van der Waals surface area (Å²) in [6, 6.07) is 3.47. The summed E-state index contributed by atoms with van der Waals surface area (Å²) in [5, 5.41) is 12.0. The molecule has 0 aliphatic heterocycles. The predicted molar refractivity (Wildman–Crippen MR) is 58.6 cm³/mol. The number of halogens is 1. The summed E-state index contributed by atoms with van der Waals surface area (Å²) in [5.74, 6) is -0.910. The molecule has 0 bridgehead atoms. The van der Waals surface area contributed by atoms with Crippen molar-refractivity contribution < 1.29 is 14.3 Å². The lowest BCUT2D eigenvalue weighted by molar-refractivity contribution is -0.119. The number of carbonyl (C=O) groups is 1. The van der Waals surface area contributed by atoms with Gasteiger partial charge in [0.25, 0.3) is 0 Å². The summed E-state index contributed by atoms with van der Waals surface area (Å²) in [7, 11) is 0. The normalized spacial score (nSPS) is 15.3. The maximum Gasteiger partial charge on any atom is 0.228 e. The number of allylic oxidation sites excluding steroid dienone is 2. The van der Waals surface area contributed by atoms with Gasteiger partial charge in [-0.15, -0.1) is 0 Å². The van der Waals surface area contributed by atoms with Crippen LogP contribution in [0.2, 0.25) is 0 Å². The number of phenolic OH excluding ortho intramolecular Hbond substituents is 1. The number of aromatic hydroxyl groups is 1. The Hall–Kier alpha value is -1.84. The third-order valence-corrected chi connectivity index (χ3v) is 2.60. The molecule has 0 radical (unpaired) electrons. The first kappa shape index (κ1) is 10.7. The van der Waals surface area contributed by atoms with Gasteiger partial charge in [0, 0.05) is 12.0 Å². The lowest BCUT2D eigenvalue weighted by Crippen LogP contribution is -2.20. The van der Waals surface area contributed by atoms with E-state index in [1.54, 1.807) is 0 Å². The lowest BCUT2D eigenvalue weighted by Gasteiger charge is -2.11. The highest BCUT2D eigenvalue weighted by molar-refractivity contribution is 5.94. The summed E-state index contributed by atoms with van der Waals surface area (Å²) < 4.78 is 12.9. The molecule has 0 fully saturated rings. The van der Waals surface area contributed by atoms with E-state index < -0.39 is 5.82 Å². The van der Waals surface area contributed by atoms with Crippen LogP contribution in [-0.2, 0) is 4.79 Å². The zero-order valence-electron chi connectivity index (χ0n) is 8.61. The fraction of sp³-hybridized carbons (Fsp3) is 0.250. The van der Waals surface area contributed by atoms with E-state index in [1.807, 2.05) is 12.2 Å². The quantitative estimate of drug-likeness (QED) is 0.595. The van der Waals surface area contributed by atoms with Crippen molar-refractivity contribution in [3.63, 3.8) is 0 Å². The minimum atomic E-state index is -0.488. The summed E-state index contributed by atoms with van der Waals surface area (Å²) in [6.07, 6.45) is 5.27. The topological polar surface area (TPSA) is 49.3 Å². The van der Waals surface area contributed by atoms with Crippen molar-refractivity contribution >= 4 is 11.6 Å². The van der Waals surface area contributed by atoms with Crippen LogP contribution < -0.4 is 5.32 Å². The molecule has 0 heterocycles. The van der Waals surface area contributed by atoms with Crippen LogP contribution in [0.3, 0.4) is 0 Å². The van der Waals surface area contributed by atoms with Gasteiger partial charge in [-0.1, -0.05) is 12.2 Å².